The van der Waals surface area contributed by atoms with E-state index >= 15 is 0 Å². The van der Waals surface area contributed by atoms with E-state index in [1.807, 2.05) is 37.3 Å². The van der Waals surface area contributed by atoms with Gasteiger partial charge in [0.05, 0.1) is 6.61 Å². The van der Waals surface area contributed by atoms with Crippen molar-refractivity contribution in [2.75, 3.05) is 6.61 Å². The minimum Gasteiger partial charge on any atom is -0.465 e. The summed E-state index contributed by atoms with van der Waals surface area (Å²) in [6.07, 6.45) is 6.07. The molecule has 3 unspecified atom stereocenters. The van der Waals surface area contributed by atoms with E-state index in [4.69, 9.17) is 4.74 Å². The van der Waals surface area contributed by atoms with Crippen LogP contribution in [0, 0.1) is 5.92 Å². The molecular formula is C18H27NO2. The van der Waals surface area contributed by atoms with Crippen molar-refractivity contribution < 1.29 is 9.53 Å². The predicted octanol–water partition coefficient (Wildman–Crippen LogP) is 3.85. The summed E-state index contributed by atoms with van der Waals surface area (Å²) in [5.41, 5.74) is 0.994. The third kappa shape index (κ3) is 4.85. The molecule has 3 heteroatoms. The second-order valence-electron chi connectivity index (χ2n) is 6.07. The lowest BCUT2D eigenvalue weighted by Crippen LogP contribution is -2.37. The summed E-state index contributed by atoms with van der Waals surface area (Å²) in [5.74, 6) is 0.635. The van der Waals surface area contributed by atoms with Crippen molar-refractivity contribution in [2.24, 2.45) is 5.92 Å². The number of carbonyl (C=O) groups is 1. The highest BCUT2D eigenvalue weighted by Gasteiger charge is 2.26. The van der Waals surface area contributed by atoms with Gasteiger partial charge in [0.1, 0.15) is 6.04 Å². The van der Waals surface area contributed by atoms with E-state index in [1.165, 1.54) is 19.3 Å². The average molecular weight is 289 g/mol. The first-order valence-electron chi connectivity index (χ1n) is 8.18. The van der Waals surface area contributed by atoms with Gasteiger partial charge in [-0.2, -0.15) is 0 Å². The molecule has 0 amide bonds. The van der Waals surface area contributed by atoms with Gasteiger partial charge in [0.15, 0.2) is 0 Å². The lowest BCUT2D eigenvalue weighted by Gasteiger charge is -2.24. The molecular weight excluding hydrogens is 262 g/mol. The van der Waals surface area contributed by atoms with Crippen molar-refractivity contribution in [3.63, 3.8) is 0 Å². The van der Waals surface area contributed by atoms with Crippen LogP contribution < -0.4 is 5.32 Å². The Hall–Kier alpha value is -1.35. The SMILES string of the molecule is CCOC(=O)C(NC1CCCC(C)CC1)c1ccccc1. The highest BCUT2D eigenvalue weighted by molar-refractivity contribution is 5.77. The number of esters is 1. The van der Waals surface area contributed by atoms with Crippen molar-refractivity contribution in [3.05, 3.63) is 35.9 Å². The first-order chi connectivity index (χ1) is 10.2. The molecule has 0 heterocycles. The van der Waals surface area contributed by atoms with Crippen LogP contribution in [0.4, 0.5) is 0 Å². The molecule has 3 atom stereocenters. The fraction of sp³-hybridized carbons (Fsp3) is 0.611. The van der Waals surface area contributed by atoms with Gasteiger partial charge in [0, 0.05) is 6.04 Å². The predicted molar refractivity (Wildman–Crippen MR) is 85.0 cm³/mol. The first kappa shape index (κ1) is 16.0. The maximum Gasteiger partial charge on any atom is 0.327 e. The largest absolute Gasteiger partial charge is 0.465 e. The molecule has 0 radical (unpaired) electrons. The molecule has 1 aromatic carbocycles. The van der Waals surface area contributed by atoms with Crippen LogP contribution in [-0.2, 0) is 9.53 Å². The highest BCUT2D eigenvalue weighted by atomic mass is 16.5. The summed E-state index contributed by atoms with van der Waals surface area (Å²) in [5, 5.41) is 3.54. The minimum absolute atomic E-state index is 0.166. The summed E-state index contributed by atoms with van der Waals surface area (Å²) in [7, 11) is 0. The lowest BCUT2D eigenvalue weighted by molar-refractivity contribution is -0.146. The van der Waals surface area contributed by atoms with E-state index < -0.39 is 0 Å². The zero-order valence-electron chi connectivity index (χ0n) is 13.2. The van der Waals surface area contributed by atoms with E-state index in [9.17, 15) is 4.79 Å². The second kappa shape index (κ2) is 8.18. The summed E-state index contributed by atoms with van der Waals surface area (Å²) in [6, 6.07) is 9.96. The maximum absolute atomic E-state index is 12.3. The van der Waals surface area contributed by atoms with Crippen LogP contribution in [0.5, 0.6) is 0 Å². The Morgan fingerprint density at radius 2 is 2.00 bits per heavy atom. The molecule has 21 heavy (non-hydrogen) atoms. The fourth-order valence-corrected chi connectivity index (χ4v) is 3.06. The van der Waals surface area contributed by atoms with Crippen LogP contribution in [0.3, 0.4) is 0 Å². The number of rotatable bonds is 5. The Morgan fingerprint density at radius 1 is 1.24 bits per heavy atom. The monoisotopic (exact) mass is 289 g/mol. The third-order valence-electron chi connectivity index (χ3n) is 4.32. The molecule has 1 aliphatic carbocycles. The van der Waals surface area contributed by atoms with Crippen LogP contribution in [0.1, 0.15) is 57.6 Å². The molecule has 1 saturated carbocycles. The van der Waals surface area contributed by atoms with Gasteiger partial charge < -0.3 is 4.74 Å². The molecule has 1 N–H and O–H groups in total. The smallest absolute Gasteiger partial charge is 0.327 e. The Morgan fingerprint density at radius 3 is 2.71 bits per heavy atom. The van der Waals surface area contributed by atoms with Crippen molar-refractivity contribution in [3.8, 4) is 0 Å². The first-order valence-corrected chi connectivity index (χ1v) is 8.18. The van der Waals surface area contributed by atoms with Gasteiger partial charge in [-0.05, 0) is 37.7 Å². The third-order valence-corrected chi connectivity index (χ3v) is 4.32. The van der Waals surface area contributed by atoms with Crippen molar-refractivity contribution in [1.29, 1.82) is 0 Å². The van der Waals surface area contributed by atoms with Crippen molar-refractivity contribution in [2.45, 2.75) is 58.0 Å². The second-order valence-corrected chi connectivity index (χ2v) is 6.07. The standard InChI is InChI=1S/C18H27NO2/c1-3-21-18(20)17(15-9-5-4-6-10-15)19-16-11-7-8-14(2)12-13-16/h4-6,9-10,14,16-17,19H,3,7-8,11-13H2,1-2H3. The van der Waals surface area contributed by atoms with E-state index in [-0.39, 0.29) is 12.0 Å². The van der Waals surface area contributed by atoms with E-state index in [0.29, 0.717) is 12.6 Å². The maximum atomic E-state index is 12.3. The molecule has 1 aliphatic rings. The lowest BCUT2D eigenvalue weighted by atomic mass is 10.0. The zero-order valence-corrected chi connectivity index (χ0v) is 13.2. The number of hydrogen-bond donors (Lipinski definition) is 1. The van der Waals surface area contributed by atoms with Crippen LogP contribution in [0.2, 0.25) is 0 Å². The number of carbonyl (C=O) groups excluding carboxylic acids is 1. The molecule has 2 rings (SSSR count). The fourth-order valence-electron chi connectivity index (χ4n) is 3.06. The van der Waals surface area contributed by atoms with E-state index in [2.05, 4.69) is 12.2 Å². The van der Waals surface area contributed by atoms with Gasteiger partial charge in [-0.1, -0.05) is 50.1 Å². The van der Waals surface area contributed by atoms with Crippen LogP contribution in [-0.4, -0.2) is 18.6 Å². The van der Waals surface area contributed by atoms with Gasteiger partial charge >= 0.3 is 5.97 Å². The Balaban J connectivity index is 2.07. The molecule has 1 aromatic rings. The number of benzene rings is 1. The summed E-state index contributed by atoms with van der Waals surface area (Å²) in [4.78, 5) is 12.3. The van der Waals surface area contributed by atoms with E-state index in [1.54, 1.807) is 0 Å². The molecule has 0 spiro atoms. The molecule has 0 bridgehead atoms. The van der Waals surface area contributed by atoms with Crippen molar-refractivity contribution >= 4 is 5.97 Å². The average Bonchev–Trinajstić information content (AvgIpc) is 2.70. The van der Waals surface area contributed by atoms with Gasteiger partial charge in [-0.25, -0.2) is 4.79 Å². The topological polar surface area (TPSA) is 38.3 Å². The molecule has 116 valence electrons. The number of nitrogens with one attached hydrogen (secondary N) is 1. The highest BCUT2D eigenvalue weighted by Crippen LogP contribution is 2.25. The number of hydrogen-bond acceptors (Lipinski definition) is 3. The minimum atomic E-state index is -0.343. The van der Waals surface area contributed by atoms with Crippen molar-refractivity contribution in [1.82, 2.24) is 5.32 Å². The van der Waals surface area contributed by atoms with Crippen LogP contribution >= 0.6 is 0 Å². The molecule has 0 aliphatic heterocycles. The molecule has 0 aromatic heterocycles. The Kier molecular flexibility index (Phi) is 6.24. The zero-order chi connectivity index (χ0) is 15.1. The molecule has 1 fully saturated rings. The Labute approximate surface area is 128 Å². The molecule has 0 saturated heterocycles. The van der Waals surface area contributed by atoms with Gasteiger partial charge in [-0.15, -0.1) is 0 Å². The van der Waals surface area contributed by atoms with Gasteiger partial charge in [0.2, 0.25) is 0 Å². The van der Waals surface area contributed by atoms with Crippen LogP contribution in [0.15, 0.2) is 30.3 Å². The van der Waals surface area contributed by atoms with Gasteiger partial charge in [0.25, 0.3) is 0 Å². The van der Waals surface area contributed by atoms with Gasteiger partial charge in [-0.3, -0.25) is 5.32 Å². The van der Waals surface area contributed by atoms with Crippen LogP contribution in [0.25, 0.3) is 0 Å². The normalized spacial score (nSPS) is 24.1. The van der Waals surface area contributed by atoms with E-state index in [0.717, 1.165) is 24.3 Å². The summed E-state index contributed by atoms with van der Waals surface area (Å²) >= 11 is 0. The number of ether oxygens (including phenoxy) is 1. The summed E-state index contributed by atoms with van der Waals surface area (Å²) < 4.78 is 5.25. The molecule has 3 nitrogen and oxygen atoms in total. The summed E-state index contributed by atoms with van der Waals surface area (Å²) in [6.45, 7) is 4.60. The quantitative estimate of drug-likeness (QED) is 0.661. The Bertz CT molecular complexity index is 432.